The Bertz CT molecular complexity index is 452. The fourth-order valence-electron chi connectivity index (χ4n) is 2.75. The van der Waals surface area contributed by atoms with Crippen molar-refractivity contribution in [2.45, 2.75) is 51.6 Å². The van der Waals surface area contributed by atoms with E-state index in [1.807, 2.05) is 0 Å². The second-order valence-electron chi connectivity index (χ2n) is 6.25. The summed E-state index contributed by atoms with van der Waals surface area (Å²) in [6.07, 6.45) is 3.52. The lowest BCUT2D eigenvalue weighted by molar-refractivity contribution is -0.122. The molecule has 116 valence electrons. The number of hydrogen-bond acceptors (Lipinski definition) is 2. The van der Waals surface area contributed by atoms with Gasteiger partial charge in [-0.25, -0.2) is 4.39 Å². The van der Waals surface area contributed by atoms with Crippen LogP contribution in [0.4, 0.5) is 4.39 Å². The van der Waals surface area contributed by atoms with E-state index in [0.717, 1.165) is 31.4 Å². The van der Waals surface area contributed by atoms with Crippen LogP contribution in [-0.4, -0.2) is 24.5 Å². The van der Waals surface area contributed by atoms with Gasteiger partial charge in [0, 0.05) is 18.5 Å². The molecule has 0 spiro atoms. The molecule has 0 bridgehead atoms. The molecule has 1 heterocycles. The van der Waals surface area contributed by atoms with E-state index in [1.54, 1.807) is 12.1 Å². The van der Waals surface area contributed by atoms with Gasteiger partial charge >= 0.3 is 0 Å². The number of carbonyl (C=O) groups is 1. The standard InChI is InChI=1S/C17H25FN2O/c1-12(2)16(10-13-5-7-14(18)8-6-13)20-17(21)11-15-4-3-9-19-15/h5-8,12,15-16,19H,3-4,9-11H2,1-2H3,(H,20,21). The van der Waals surface area contributed by atoms with Gasteiger partial charge in [-0.05, 0) is 49.4 Å². The highest BCUT2D eigenvalue weighted by molar-refractivity contribution is 5.77. The van der Waals surface area contributed by atoms with Crippen LogP contribution in [0.2, 0.25) is 0 Å². The minimum absolute atomic E-state index is 0.0874. The van der Waals surface area contributed by atoms with Crippen molar-refractivity contribution in [3.63, 3.8) is 0 Å². The Hall–Kier alpha value is -1.42. The van der Waals surface area contributed by atoms with Crippen LogP contribution < -0.4 is 10.6 Å². The molecule has 1 aromatic rings. The molecule has 0 aliphatic carbocycles. The van der Waals surface area contributed by atoms with Gasteiger partial charge in [-0.1, -0.05) is 26.0 Å². The van der Waals surface area contributed by atoms with E-state index in [9.17, 15) is 9.18 Å². The van der Waals surface area contributed by atoms with Gasteiger partial charge < -0.3 is 10.6 Å². The molecule has 2 unspecified atom stereocenters. The first kappa shape index (κ1) is 16.0. The van der Waals surface area contributed by atoms with E-state index in [1.165, 1.54) is 12.1 Å². The Kier molecular flexibility index (Phi) is 5.74. The zero-order valence-corrected chi connectivity index (χ0v) is 12.9. The molecule has 2 rings (SSSR count). The summed E-state index contributed by atoms with van der Waals surface area (Å²) in [5.41, 5.74) is 1.05. The molecule has 1 saturated heterocycles. The van der Waals surface area contributed by atoms with Gasteiger partial charge in [0.25, 0.3) is 0 Å². The third-order valence-electron chi connectivity index (χ3n) is 4.11. The maximum Gasteiger partial charge on any atom is 0.221 e. The molecule has 3 nitrogen and oxygen atoms in total. The van der Waals surface area contributed by atoms with Crippen LogP contribution >= 0.6 is 0 Å². The lowest BCUT2D eigenvalue weighted by Crippen LogP contribution is -2.42. The molecule has 1 amide bonds. The minimum atomic E-state index is -0.226. The molecule has 21 heavy (non-hydrogen) atoms. The summed E-state index contributed by atoms with van der Waals surface area (Å²) in [4.78, 5) is 12.1. The Morgan fingerprint density at radius 2 is 2.10 bits per heavy atom. The molecule has 1 aromatic carbocycles. The highest BCUT2D eigenvalue weighted by atomic mass is 19.1. The Morgan fingerprint density at radius 1 is 1.38 bits per heavy atom. The lowest BCUT2D eigenvalue weighted by atomic mass is 9.96. The van der Waals surface area contributed by atoms with E-state index in [4.69, 9.17) is 0 Å². The van der Waals surface area contributed by atoms with Crippen LogP contribution in [0.1, 0.15) is 38.7 Å². The maximum absolute atomic E-state index is 12.9. The summed E-state index contributed by atoms with van der Waals surface area (Å²) in [5.74, 6) is 0.224. The van der Waals surface area contributed by atoms with Crippen molar-refractivity contribution in [2.75, 3.05) is 6.54 Å². The number of carbonyl (C=O) groups excluding carboxylic acids is 1. The summed E-state index contributed by atoms with van der Waals surface area (Å²) in [5, 5.41) is 6.48. The summed E-state index contributed by atoms with van der Waals surface area (Å²) >= 11 is 0. The van der Waals surface area contributed by atoms with Crippen molar-refractivity contribution >= 4 is 5.91 Å². The van der Waals surface area contributed by atoms with Crippen molar-refractivity contribution in [2.24, 2.45) is 5.92 Å². The van der Waals surface area contributed by atoms with Gasteiger partial charge in [0.15, 0.2) is 0 Å². The predicted octanol–water partition coefficient (Wildman–Crippen LogP) is 2.65. The molecule has 0 saturated carbocycles. The van der Waals surface area contributed by atoms with E-state index in [2.05, 4.69) is 24.5 Å². The Morgan fingerprint density at radius 3 is 2.67 bits per heavy atom. The number of nitrogens with one attached hydrogen (secondary N) is 2. The van der Waals surface area contributed by atoms with Crippen LogP contribution in [0.5, 0.6) is 0 Å². The number of amides is 1. The fourth-order valence-corrected chi connectivity index (χ4v) is 2.75. The molecule has 0 aromatic heterocycles. The van der Waals surface area contributed by atoms with Crippen LogP contribution in [-0.2, 0) is 11.2 Å². The Balaban J connectivity index is 1.88. The minimum Gasteiger partial charge on any atom is -0.353 e. The molecule has 1 aliphatic rings. The molecule has 1 fully saturated rings. The van der Waals surface area contributed by atoms with Crippen LogP contribution in [0.25, 0.3) is 0 Å². The van der Waals surface area contributed by atoms with Gasteiger partial charge in [-0.2, -0.15) is 0 Å². The summed E-state index contributed by atoms with van der Waals surface area (Å²) < 4.78 is 12.9. The highest BCUT2D eigenvalue weighted by Crippen LogP contribution is 2.13. The summed E-state index contributed by atoms with van der Waals surface area (Å²) in [6, 6.07) is 6.92. The zero-order chi connectivity index (χ0) is 15.2. The number of benzene rings is 1. The molecule has 2 N–H and O–H groups in total. The largest absolute Gasteiger partial charge is 0.353 e. The van der Waals surface area contributed by atoms with E-state index >= 15 is 0 Å². The smallest absolute Gasteiger partial charge is 0.221 e. The molecule has 1 aliphatic heterocycles. The second kappa shape index (κ2) is 7.55. The normalized spacial score (nSPS) is 19.7. The lowest BCUT2D eigenvalue weighted by Gasteiger charge is -2.23. The van der Waals surface area contributed by atoms with Crippen molar-refractivity contribution < 1.29 is 9.18 Å². The number of hydrogen-bond donors (Lipinski definition) is 2. The van der Waals surface area contributed by atoms with Gasteiger partial charge in [-0.15, -0.1) is 0 Å². The van der Waals surface area contributed by atoms with Crippen LogP contribution in [0, 0.1) is 11.7 Å². The molecule has 0 radical (unpaired) electrons. The number of halogens is 1. The SMILES string of the molecule is CC(C)C(Cc1ccc(F)cc1)NC(=O)CC1CCCN1. The first-order valence-electron chi connectivity index (χ1n) is 7.82. The van der Waals surface area contributed by atoms with Gasteiger partial charge in [0.05, 0.1) is 0 Å². The van der Waals surface area contributed by atoms with Crippen LogP contribution in [0.15, 0.2) is 24.3 Å². The van der Waals surface area contributed by atoms with Crippen molar-refractivity contribution in [1.82, 2.24) is 10.6 Å². The summed E-state index contributed by atoms with van der Waals surface area (Å²) in [7, 11) is 0. The average Bonchev–Trinajstić information content (AvgIpc) is 2.93. The average molecular weight is 292 g/mol. The first-order chi connectivity index (χ1) is 10.0. The number of rotatable bonds is 6. The zero-order valence-electron chi connectivity index (χ0n) is 12.9. The third kappa shape index (κ3) is 5.12. The summed E-state index contributed by atoms with van der Waals surface area (Å²) in [6.45, 7) is 5.21. The van der Waals surface area contributed by atoms with Crippen molar-refractivity contribution in [3.8, 4) is 0 Å². The maximum atomic E-state index is 12.9. The molecule has 4 heteroatoms. The van der Waals surface area contributed by atoms with Crippen molar-refractivity contribution in [1.29, 1.82) is 0 Å². The predicted molar refractivity (Wildman–Crippen MR) is 82.5 cm³/mol. The highest BCUT2D eigenvalue weighted by Gasteiger charge is 2.21. The fraction of sp³-hybridized carbons (Fsp3) is 0.588. The Labute approximate surface area is 126 Å². The molecular formula is C17H25FN2O. The monoisotopic (exact) mass is 292 g/mol. The van der Waals surface area contributed by atoms with Gasteiger partial charge in [-0.3, -0.25) is 4.79 Å². The van der Waals surface area contributed by atoms with E-state index in [-0.39, 0.29) is 17.8 Å². The molecule has 2 atom stereocenters. The van der Waals surface area contributed by atoms with Crippen molar-refractivity contribution in [3.05, 3.63) is 35.6 Å². The third-order valence-corrected chi connectivity index (χ3v) is 4.11. The quantitative estimate of drug-likeness (QED) is 0.846. The van der Waals surface area contributed by atoms with E-state index < -0.39 is 0 Å². The topological polar surface area (TPSA) is 41.1 Å². The van der Waals surface area contributed by atoms with Gasteiger partial charge in [0.1, 0.15) is 5.82 Å². The second-order valence-corrected chi connectivity index (χ2v) is 6.25. The molecular weight excluding hydrogens is 267 g/mol. The van der Waals surface area contributed by atoms with Crippen LogP contribution in [0.3, 0.4) is 0 Å². The first-order valence-corrected chi connectivity index (χ1v) is 7.82. The van der Waals surface area contributed by atoms with Gasteiger partial charge in [0.2, 0.25) is 5.91 Å². The van der Waals surface area contributed by atoms with E-state index in [0.29, 0.717) is 18.4 Å².